The van der Waals surface area contributed by atoms with Crippen molar-refractivity contribution < 1.29 is 9.50 Å². The zero-order valence-corrected chi connectivity index (χ0v) is 16.0. The number of aromatic nitrogens is 4. The van der Waals surface area contributed by atoms with E-state index in [1.807, 2.05) is 22.8 Å². The van der Waals surface area contributed by atoms with Crippen LogP contribution >= 0.6 is 11.3 Å². The van der Waals surface area contributed by atoms with E-state index in [1.165, 1.54) is 11.3 Å². The van der Waals surface area contributed by atoms with E-state index in [2.05, 4.69) is 20.3 Å². The van der Waals surface area contributed by atoms with E-state index < -0.39 is 0 Å². The second-order valence-electron chi connectivity index (χ2n) is 7.23. The smallest absolute Gasteiger partial charge is 0.184 e. The summed E-state index contributed by atoms with van der Waals surface area (Å²) in [5.74, 6) is -0.259. The maximum atomic E-state index is 15.2. The minimum Gasteiger partial charge on any atom is -0.391 e. The number of rotatable bonds is 4. The summed E-state index contributed by atoms with van der Waals surface area (Å²) in [6.07, 6.45) is 6.87. The van der Waals surface area contributed by atoms with Gasteiger partial charge in [0.15, 0.2) is 10.8 Å². The molecule has 5 rings (SSSR count). The SMILES string of the molecule is O[C@@H]1CCCCC1Nc1nc2ccc(Cn3cnc4cccnc43)c(F)c2s1. The highest BCUT2D eigenvalue weighted by Crippen LogP contribution is 2.32. The van der Waals surface area contributed by atoms with Gasteiger partial charge in [0.05, 0.1) is 35.2 Å². The first-order valence-corrected chi connectivity index (χ1v) is 10.3. The van der Waals surface area contributed by atoms with Gasteiger partial charge in [0.2, 0.25) is 0 Å². The van der Waals surface area contributed by atoms with Gasteiger partial charge in [0.25, 0.3) is 0 Å². The van der Waals surface area contributed by atoms with Crippen molar-refractivity contribution in [3.63, 3.8) is 0 Å². The first-order chi connectivity index (χ1) is 13.7. The number of benzene rings is 1. The van der Waals surface area contributed by atoms with Gasteiger partial charge < -0.3 is 15.0 Å². The Morgan fingerprint density at radius 3 is 2.96 bits per heavy atom. The molecule has 0 bridgehead atoms. The summed E-state index contributed by atoms with van der Waals surface area (Å²) in [6.45, 7) is 0.358. The van der Waals surface area contributed by atoms with Gasteiger partial charge in [-0.15, -0.1) is 0 Å². The Kier molecular flexibility index (Phi) is 4.44. The van der Waals surface area contributed by atoms with E-state index in [1.54, 1.807) is 18.6 Å². The van der Waals surface area contributed by atoms with Crippen LogP contribution in [0.2, 0.25) is 0 Å². The van der Waals surface area contributed by atoms with Crippen LogP contribution in [0.4, 0.5) is 9.52 Å². The number of anilines is 1. The standard InChI is InChI=1S/C20H20FN5OS/c21-17-12(10-26-11-23-15-5-3-9-22-19(15)26)7-8-14-18(17)28-20(25-14)24-13-4-1-2-6-16(13)27/h3,5,7-9,11,13,16,27H,1-2,4,6,10H2,(H,24,25)/t13?,16-/m1/s1. The van der Waals surface area contributed by atoms with E-state index in [0.717, 1.165) is 36.8 Å². The van der Waals surface area contributed by atoms with Crippen molar-refractivity contribution in [1.82, 2.24) is 19.5 Å². The van der Waals surface area contributed by atoms with E-state index in [4.69, 9.17) is 0 Å². The van der Waals surface area contributed by atoms with E-state index >= 15 is 4.39 Å². The van der Waals surface area contributed by atoms with Gasteiger partial charge in [-0.3, -0.25) is 0 Å². The molecular weight excluding hydrogens is 377 g/mol. The molecule has 1 aromatic carbocycles. The van der Waals surface area contributed by atoms with Crippen LogP contribution in [-0.4, -0.2) is 36.8 Å². The number of fused-ring (bicyclic) bond motifs is 2. The Hall–Kier alpha value is -2.58. The predicted octanol–water partition coefficient (Wildman–Crippen LogP) is 3.94. The minimum atomic E-state index is -0.372. The summed E-state index contributed by atoms with van der Waals surface area (Å²) in [7, 11) is 0. The lowest BCUT2D eigenvalue weighted by molar-refractivity contribution is 0.116. The fourth-order valence-corrected chi connectivity index (χ4v) is 4.81. The normalized spacial score (nSPS) is 20.1. The van der Waals surface area contributed by atoms with Crippen LogP contribution < -0.4 is 5.32 Å². The molecule has 3 aromatic heterocycles. The largest absolute Gasteiger partial charge is 0.391 e. The lowest BCUT2D eigenvalue weighted by Gasteiger charge is -2.27. The van der Waals surface area contributed by atoms with Crippen molar-refractivity contribution in [2.45, 2.75) is 44.4 Å². The monoisotopic (exact) mass is 397 g/mol. The molecule has 1 fully saturated rings. The third-order valence-electron chi connectivity index (χ3n) is 5.33. The topological polar surface area (TPSA) is 75.9 Å². The Morgan fingerprint density at radius 1 is 1.18 bits per heavy atom. The number of aliphatic hydroxyl groups is 1. The van der Waals surface area contributed by atoms with E-state index in [0.29, 0.717) is 27.5 Å². The highest BCUT2D eigenvalue weighted by Gasteiger charge is 2.24. The molecule has 144 valence electrons. The zero-order chi connectivity index (χ0) is 19.1. The zero-order valence-electron chi connectivity index (χ0n) is 15.2. The Bertz CT molecular complexity index is 1140. The quantitative estimate of drug-likeness (QED) is 0.545. The average molecular weight is 397 g/mol. The van der Waals surface area contributed by atoms with Gasteiger partial charge in [-0.2, -0.15) is 0 Å². The molecule has 1 saturated carbocycles. The molecule has 3 heterocycles. The molecule has 1 unspecified atom stereocenters. The molecule has 1 aliphatic carbocycles. The van der Waals surface area contributed by atoms with Crippen molar-refractivity contribution >= 4 is 37.8 Å². The number of thiazole rings is 1. The number of hydrogen-bond donors (Lipinski definition) is 2. The van der Waals surface area contributed by atoms with Gasteiger partial charge in [0, 0.05) is 11.8 Å². The molecule has 4 aromatic rings. The van der Waals surface area contributed by atoms with Gasteiger partial charge in [0.1, 0.15) is 11.3 Å². The third kappa shape index (κ3) is 3.12. The molecule has 2 atom stereocenters. The number of nitrogens with zero attached hydrogens (tertiary/aromatic N) is 4. The molecule has 0 amide bonds. The van der Waals surface area contributed by atoms with Crippen LogP contribution in [-0.2, 0) is 6.54 Å². The fraction of sp³-hybridized carbons (Fsp3) is 0.350. The van der Waals surface area contributed by atoms with Crippen LogP contribution in [0, 0.1) is 5.82 Å². The van der Waals surface area contributed by atoms with Crippen LogP contribution in [0.5, 0.6) is 0 Å². The molecule has 1 aliphatic rings. The minimum absolute atomic E-state index is 0.0137. The summed E-state index contributed by atoms with van der Waals surface area (Å²) in [5.41, 5.74) is 2.73. The number of hydrogen-bond acceptors (Lipinski definition) is 6. The Balaban J connectivity index is 1.44. The second kappa shape index (κ2) is 7.10. The van der Waals surface area contributed by atoms with Crippen LogP contribution in [0.25, 0.3) is 21.4 Å². The Morgan fingerprint density at radius 2 is 2.07 bits per heavy atom. The van der Waals surface area contributed by atoms with Crippen molar-refractivity contribution in [2.24, 2.45) is 0 Å². The summed E-state index contributed by atoms with van der Waals surface area (Å²) >= 11 is 1.30. The van der Waals surface area contributed by atoms with Crippen molar-refractivity contribution in [1.29, 1.82) is 0 Å². The molecular formula is C20H20FN5OS. The number of imidazole rings is 1. The lowest BCUT2D eigenvalue weighted by Crippen LogP contribution is -2.36. The molecule has 8 heteroatoms. The summed E-state index contributed by atoms with van der Waals surface area (Å²) < 4.78 is 17.5. The van der Waals surface area contributed by atoms with Crippen molar-refractivity contribution in [3.05, 3.63) is 48.2 Å². The summed E-state index contributed by atoms with van der Waals surface area (Å²) in [5, 5.41) is 14.1. The molecule has 0 radical (unpaired) electrons. The highest BCUT2D eigenvalue weighted by atomic mass is 32.1. The van der Waals surface area contributed by atoms with Crippen LogP contribution in [0.3, 0.4) is 0 Å². The van der Waals surface area contributed by atoms with E-state index in [9.17, 15) is 5.11 Å². The fourth-order valence-electron chi connectivity index (χ4n) is 3.82. The van der Waals surface area contributed by atoms with Crippen molar-refractivity contribution in [2.75, 3.05) is 5.32 Å². The first kappa shape index (κ1) is 17.5. The average Bonchev–Trinajstić information content (AvgIpc) is 3.30. The molecule has 28 heavy (non-hydrogen) atoms. The predicted molar refractivity (Wildman–Crippen MR) is 108 cm³/mol. The maximum Gasteiger partial charge on any atom is 0.184 e. The van der Waals surface area contributed by atoms with E-state index in [-0.39, 0.29) is 18.0 Å². The second-order valence-corrected chi connectivity index (χ2v) is 8.23. The molecule has 6 nitrogen and oxygen atoms in total. The molecule has 2 N–H and O–H groups in total. The maximum absolute atomic E-state index is 15.2. The summed E-state index contributed by atoms with van der Waals surface area (Å²) in [6, 6.07) is 7.32. The van der Waals surface area contributed by atoms with Gasteiger partial charge in [-0.05, 0) is 31.0 Å². The van der Waals surface area contributed by atoms with Crippen LogP contribution in [0.15, 0.2) is 36.8 Å². The molecule has 0 aliphatic heterocycles. The van der Waals surface area contributed by atoms with Gasteiger partial charge in [-0.1, -0.05) is 30.2 Å². The van der Waals surface area contributed by atoms with Crippen molar-refractivity contribution in [3.8, 4) is 0 Å². The number of aliphatic hydroxyl groups excluding tert-OH is 1. The molecule has 0 saturated heterocycles. The molecule has 0 spiro atoms. The number of pyridine rings is 1. The van der Waals surface area contributed by atoms with Crippen LogP contribution in [0.1, 0.15) is 31.2 Å². The summed E-state index contributed by atoms with van der Waals surface area (Å²) in [4.78, 5) is 13.2. The highest BCUT2D eigenvalue weighted by molar-refractivity contribution is 7.22. The lowest BCUT2D eigenvalue weighted by atomic mass is 9.93. The number of halogens is 1. The Labute approximate surface area is 165 Å². The van der Waals surface area contributed by atoms with Gasteiger partial charge >= 0.3 is 0 Å². The third-order valence-corrected chi connectivity index (χ3v) is 6.33. The first-order valence-electron chi connectivity index (χ1n) is 9.47. The number of nitrogens with one attached hydrogen (secondary N) is 1. The van der Waals surface area contributed by atoms with Gasteiger partial charge in [-0.25, -0.2) is 19.3 Å².